The van der Waals surface area contributed by atoms with E-state index >= 15 is 0 Å². The molecule has 2 rings (SSSR count). The van der Waals surface area contributed by atoms with E-state index in [-0.39, 0.29) is 24.8 Å². The van der Waals surface area contributed by atoms with E-state index in [2.05, 4.69) is 10.1 Å². The van der Waals surface area contributed by atoms with Crippen LogP contribution in [0.25, 0.3) is 0 Å². The summed E-state index contributed by atoms with van der Waals surface area (Å²) in [5.41, 5.74) is -0.453. The highest BCUT2D eigenvalue weighted by Gasteiger charge is 2.32. The molecule has 1 aliphatic rings. The zero-order chi connectivity index (χ0) is 14.0. The molecule has 0 unspecified atom stereocenters. The van der Waals surface area contributed by atoms with Gasteiger partial charge in [-0.05, 0) is 23.8 Å². The maximum atomic E-state index is 12.8. The molecule has 1 aromatic carbocycles. The summed E-state index contributed by atoms with van der Waals surface area (Å²) >= 11 is 0. The number of cyclic esters (lactones) is 1. The molecule has 0 spiro atoms. The molecule has 0 bridgehead atoms. The monoisotopic (exact) mass is 311 g/mol. The number of alkyl carbamates (subject to hydrolysis) is 1. The minimum absolute atomic E-state index is 0. The van der Waals surface area contributed by atoms with E-state index in [1.165, 1.54) is 13.2 Å². The molecule has 0 saturated carbocycles. The number of amides is 1. The van der Waals surface area contributed by atoms with Crippen LogP contribution in [0, 0.1) is 0 Å². The molecule has 1 N–H and O–H groups in total. The van der Waals surface area contributed by atoms with Gasteiger partial charge in [-0.15, -0.1) is 12.4 Å². The predicted molar refractivity (Wildman–Crippen MR) is 67.1 cm³/mol. The van der Waals surface area contributed by atoms with Crippen molar-refractivity contribution in [1.29, 1.82) is 0 Å². The van der Waals surface area contributed by atoms with Crippen LogP contribution < -0.4 is 10.1 Å². The minimum atomic E-state index is -4.46. The van der Waals surface area contributed by atoms with Crippen molar-refractivity contribution in [2.75, 3.05) is 13.7 Å². The second-order valence-electron chi connectivity index (χ2n) is 4.11. The van der Waals surface area contributed by atoms with Gasteiger partial charge >= 0.3 is 12.3 Å². The van der Waals surface area contributed by atoms with Gasteiger partial charge in [0.2, 0.25) is 0 Å². The number of methoxy groups -OCH3 is 1. The van der Waals surface area contributed by atoms with Crippen LogP contribution in [0.15, 0.2) is 18.2 Å². The van der Waals surface area contributed by atoms with Gasteiger partial charge in [0.05, 0.1) is 25.3 Å². The lowest BCUT2D eigenvalue weighted by Crippen LogP contribution is -2.35. The fraction of sp³-hybridized carbons (Fsp3) is 0.417. The lowest BCUT2D eigenvalue weighted by molar-refractivity contribution is -0.137. The van der Waals surface area contributed by atoms with E-state index in [9.17, 15) is 18.0 Å². The van der Waals surface area contributed by atoms with Crippen molar-refractivity contribution >= 4 is 18.5 Å². The number of hydrogen-bond donors (Lipinski definition) is 1. The lowest BCUT2D eigenvalue weighted by Gasteiger charge is -2.24. The van der Waals surface area contributed by atoms with Gasteiger partial charge in [0.1, 0.15) is 5.75 Å². The van der Waals surface area contributed by atoms with Crippen molar-refractivity contribution < 1.29 is 27.4 Å². The smallest absolute Gasteiger partial charge is 0.416 e. The maximum Gasteiger partial charge on any atom is 0.416 e. The topological polar surface area (TPSA) is 47.6 Å². The summed E-state index contributed by atoms with van der Waals surface area (Å²) in [7, 11) is 1.29. The van der Waals surface area contributed by atoms with E-state index in [1.54, 1.807) is 0 Å². The maximum absolute atomic E-state index is 12.8. The first kappa shape index (κ1) is 16.4. The van der Waals surface area contributed by atoms with Crippen LogP contribution in [0.1, 0.15) is 23.6 Å². The molecule has 1 fully saturated rings. The summed E-state index contributed by atoms with van der Waals surface area (Å²) in [5, 5.41) is 2.48. The Kier molecular flexibility index (Phi) is 5.10. The third-order valence-electron chi connectivity index (χ3n) is 2.83. The number of rotatable bonds is 2. The highest BCUT2D eigenvalue weighted by molar-refractivity contribution is 5.85. The quantitative estimate of drug-likeness (QED) is 0.911. The molecule has 0 radical (unpaired) electrons. The highest BCUT2D eigenvalue weighted by Crippen LogP contribution is 2.35. The molecule has 112 valence electrons. The highest BCUT2D eigenvalue weighted by atomic mass is 35.5. The molecule has 8 heteroatoms. The lowest BCUT2D eigenvalue weighted by atomic mass is 10.00. The predicted octanol–water partition coefficient (Wildman–Crippen LogP) is 3.31. The number of alkyl halides is 3. The van der Waals surface area contributed by atoms with Gasteiger partial charge in [-0.2, -0.15) is 13.2 Å². The molecular formula is C12H13ClF3NO3. The molecule has 20 heavy (non-hydrogen) atoms. The van der Waals surface area contributed by atoms with Crippen LogP contribution in [-0.2, 0) is 10.9 Å². The number of ether oxygens (including phenoxy) is 2. The normalized spacial score (nSPS) is 18.6. The van der Waals surface area contributed by atoms with Crippen LogP contribution in [-0.4, -0.2) is 19.8 Å². The first-order chi connectivity index (χ1) is 8.90. The van der Waals surface area contributed by atoms with E-state index in [0.29, 0.717) is 12.0 Å². The standard InChI is InChI=1S/C12H12F3NO3.ClH/c1-18-9-5-7(4-8(6-9)12(13,14)15)10-2-3-19-11(17)16-10;/h4-6,10H,2-3H2,1H3,(H,16,17);1H/t10-;/m1./s1. The fourth-order valence-corrected chi connectivity index (χ4v) is 1.88. The Balaban J connectivity index is 0.00000200. The number of carbonyl (C=O) groups is 1. The second-order valence-corrected chi connectivity index (χ2v) is 4.11. The van der Waals surface area contributed by atoms with Gasteiger partial charge in [0.15, 0.2) is 0 Å². The number of halogens is 4. The van der Waals surface area contributed by atoms with Crippen molar-refractivity contribution in [1.82, 2.24) is 5.32 Å². The molecule has 1 atom stereocenters. The molecule has 0 aliphatic carbocycles. The van der Waals surface area contributed by atoms with E-state index in [0.717, 1.165) is 12.1 Å². The summed E-state index contributed by atoms with van der Waals surface area (Å²) < 4.78 is 47.8. The summed E-state index contributed by atoms with van der Waals surface area (Å²) in [6.07, 6.45) is -4.68. The summed E-state index contributed by atoms with van der Waals surface area (Å²) in [4.78, 5) is 11.1. The second kappa shape index (κ2) is 6.21. The molecule has 1 heterocycles. The van der Waals surface area contributed by atoms with Crippen LogP contribution in [0.5, 0.6) is 5.75 Å². The fourth-order valence-electron chi connectivity index (χ4n) is 1.88. The molecule has 1 saturated heterocycles. The van der Waals surface area contributed by atoms with E-state index in [1.807, 2.05) is 0 Å². The average Bonchev–Trinajstić information content (AvgIpc) is 2.37. The summed E-state index contributed by atoms with van der Waals surface area (Å²) in [5.74, 6) is 0.102. The van der Waals surface area contributed by atoms with Gasteiger partial charge in [0.25, 0.3) is 0 Å². The Morgan fingerprint density at radius 2 is 2.05 bits per heavy atom. The third kappa shape index (κ3) is 3.69. The van der Waals surface area contributed by atoms with E-state index < -0.39 is 23.9 Å². The number of nitrogens with one attached hydrogen (secondary N) is 1. The van der Waals surface area contributed by atoms with Crippen molar-refractivity contribution in [3.63, 3.8) is 0 Å². The van der Waals surface area contributed by atoms with Crippen LogP contribution in [0.3, 0.4) is 0 Å². The Morgan fingerprint density at radius 1 is 1.35 bits per heavy atom. The Bertz CT molecular complexity index is 493. The zero-order valence-corrected chi connectivity index (χ0v) is 11.3. The average molecular weight is 312 g/mol. The Morgan fingerprint density at radius 3 is 2.60 bits per heavy atom. The SMILES string of the molecule is COc1cc([C@H]2CCOC(=O)N2)cc(C(F)(F)F)c1.Cl. The first-order valence-electron chi connectivity index (χ1n) is 5.59. The molecule has 4 nitrogen and oxygen atoms in total. The van der Waals surface area contributed by atoms with Crippen LogP contribution in [0.4, 0.5) is 18.0 Å². The largest absolute Gasteiger partial charge is 0.497 e. The van der Waals surface area contributed by atoms with E-state index in [4.69, 9.17) is 4.74 Å². The summed E-state index contributed by atoms with van der Waals surface area (Å²) in [6, 6.07) is 2.91. The van der Waals surface area contributed by atoms with Gasteiger partial charge < -0.3 is 14.8 Å². The summed E-state index contributed by atoms with van der Waals surface area (Å²) in [6.45, 7) is 0.176. The first-order valence-corrected chi connectivity index (χ1v) is 5.59. The number of hydrogen-bond acceptors (Lipinski definition) is 3. The van der Waals surface area contributed by atoms with Crippen molar-refractivity contribution in [2.45, 2.75) is 18.6 Å². The number of benzene rings is 1. The third-order valence-corrected chi connectivity index (χ3v) is 2.83. The minimum Gasteiger partial charge on any atom is -0.497 e. The van der Waals surface area contributed by atoms with Gasteiger partial charge in [-0.3, -0.25) is 0 Å². The van der Waals surface area contributed by atoms with Crippen molar-refractivity contribution in [3.05, 3.63) is 29.3 Å². The Hall–Kier alpha value is -1.63. The van der Waals surface area contributed by atoms with Crippen LogP contribution >= 0.6 is 12.4 Å². The number of carbonyl (C=O) groups excluding carboxylic acids is 1. The van der Waals surface area contributed by atoms with Gasteiger partial charge in [-0.25, -0.2) is 4.79 Å². The van der Waals surface area contributed by atoms with Gasteiger partial charge in [-0.1, -0.05) is 0 Å². The molecule has 1 aromatic rings. The van der Waals surface area contributed by atoms with Gasteiger partial charge in [0, 0.05) is 6.42 Å². The van der Waals surface area contributed by atoms with Crippen molar-refractivity contribution in [2.24, 2.45) is 0 Å². The van der Waals surface area contributed by atoms with Crippen molar-refractivity contribution in [3.8, 4) is 5.75 Å². The molecular weight excluding hydrogens is 299 g/mol. The van der Waals surface area contributed by atoms with Crippen LogP contribution in [0.2, 0.25) is 0 Å². The molecule has 1 amide bonds. The Labute approximate surface area is 119 Å². The molecule has 1 aliphatic heterocycles. The molecule has 0 aromatic heterocycles. The zero-order valence-electron chi connectivity index (χ0n) is 10.5.